The molecule has 3 aromatic heterocycles. The second-order valence-electron chi connectivity index (χ2n) is 10.3. The maximum Gasteiger partial charge on any atom is 0.222 e. The number of piperidine rings is 1. The van der Waals surface area contributed by atoms with Gasteiger partial charge < -0.3 is 25.2 Å². The molecule has 0 amide bonds. The number of anilines is 4. The van der Waals surface area contributed by atoms with Gasteiger partial charge in [0.25, 0.3) is 0 Å². The molecule has 11 heteroatoms. The van der Waals surface area contributed by atoms with E-state index in [0.717, 1.165) is 110 Å². The molecule has 39 heavy (non-hydrogen) atoms. The Morgan fingerprint density at radius 3 is 2.51 bits per heavy atom. The Labute approximate surface area is 234 Å². The highest BCUT2D eigenvalue weighted by molar-refractivity contribution is 7.79. The summed E-state index contributed by atoms with van der Waals surface area (Å²) in [6, 6.07) is 10.6. The molecule has 3 aliphatic heterocycles. The molecule has 206 valence electrons. The van der Waals surface area contributed by atoms with Gasteiger partial charge in [-0.05, 0) is 50.5 Å². The molecule has 0 bridgehead atoms. The van der Waals surface area contributed by atoms with Gasteiger partial charge in [-0.25, -0.2) is 9.97 Å². The summed E-state index contributed by atoms with van der Waals surface area (Å²) in [5, 5.41) is 6.26. The zero-order chi connectivity index (χ0) is 26.9. The summed E-state index contributed by atoms with van der Waals surface area (Å²) in [4.78, 5) is 21.5. The van der Waals surface area contributed by atoms with Crippen LogP contribution in [-0.2, 0) is 4.74 Å². The quantitative estimate of drug-likeness (QED) is 0.369. The topological polar surface area (TPSA) is 101 Å². The first-order valence-electron chi connectivity index (χ1n) is 13.9. The summed E-state index contributed by atoms with van der Waals surface area (Å²) >= 11 is 3.53. The summed E-state index contributed by atoms with van der Waals surface area (Å²) < 4.78 is 7.67. The van der Waals surface area contributed by atoms with Crippen molar-refractivity contribution in [3.8, 4) is 0 Å². The van der Waals surface area contributed by atoms with Crippen molar-refractivity contribution in [3.63, 3.8) is 0 Å². The average molecular weight is 548 g/mol. The van der Waals surface area contributed by atoms with Crippen LogP contribution in [0.3, 0.4) is 0 Å². The van der Waals surface area contributed by atoms with Crippen molar-refractivity contribution in [2.75, 3.05) is 72.6 Å². The molecule has 0 aliphatic carbocycles. The fourth-order valence-electron chi connectivity index (χ4n) is 5.90. The van der Waals surface area contributed by atoms with E-state index < -0.39 is 0 Å². The molecule has 10 nitrogen and oxygen atoms in total. The molecule has 3 aliphatic rings. The third kappa shape index (κ3) is 4.82. The van der Waals surface area contributed by atoms with E-state index in [0.29, 0.717) is 5.95 Å². The molecular formula is C28H37N9OS. The van der Waals surface area contributed by atoms with Crippen LogP contribution >= 0.6 is 12.6 Å². The summed E-state index contributed by atoms with van der Waals surface area (Å²) in [6.07, 6.45) is 6.18. The number of aryl methyl sites for hydroxylation is 1. The number of hydrogen-bond donors (Lipinski definition) is 2. The number of rotatable bonds is 4. The Kier molecular flexibility index (Phi) is 7.35. The number of hydrogen-bond acceptors (Lipinski definition) is 10. The van der Waals surface area contributed by atoms with Gasteiger partial charge in [0, 0.05) is 50.2 Å². The van der Waals surface area contributed by atoms with Crippen LogP contribution in [0.15, 0.2) is 30.3 Å². The minimum Gasteiger partial charge on any atom is -0.378 e. The van der Waals surface area contributed by atoms with E-state index in [4.69, 9.17) is 25.5 Å². The van der Waals surface area contributed by atoms with E-state index in [9.17, 15) is 0 Å². The third-order valence-electron chi connectivity index (χ3n) is 7.98. The number of nitrogens with zero attached hydrogens (tertiary/aromatic N) is 8. The van der Waals surface area contributed by atoms with Crippen LogP contribution < -0.4 is 20.4 Å². The summed E-state index contributed by atoms with van der Waals surface area (Å²) in [5.41, 5.74) is 10.2. The maximum absolute atomic E-state index is 6.19. The lowest BCUT2D eigenvalue weighted by atomic mass is 9.98. The standard InChI is InChI=1S/C27H33N9O.CH4S/c1-18-6-4-7-19-25(18)26(31-27(28)29-19)35-11-3-2-8-21(35)20-16-23-30-22(33-9-5-10-33)17-24(36(23)32-20)34-12-14-37-15-13-34;1-2/h4,6-7,16-17,21H,2-3,5,8-15H2,1H3,(H2,28,29,31);2H,1H3. The molecule has 0 spiro atoms. The summed E-state index contributed by atoms with van der Waals surface area (Å²) in [7, 11) is 0. The predicted molar refractivity (Wildman–Crippen MR) is 160 cm³/mol. The van der Waals surface area contributed by atoms with Gasteiger partial charge in [0.2, 0.25) is 5.95 Å². The molecule has 1 atom stereocenters. The van der Waals surface area contributed by atoms with Gasteiger partial charge in [0.1, 0.15) is 17.5 Å². The van der Waals surface area contributed by atoms with Gasteiger partial charge in [-0.2, -0.15) is 27.2 Å². The Balaban J connectivity index is 0.00000135. The SMILES string of the molecule is CS.Cc1cccc2nc(N)nc(N3CCCCC3c3cc4nc(N5CCC5)cc(N5CCOCC5)n4n3)c12. The Hall–Kier alpha value is -3.31. The highest BCUT2D eigenvalue weighted by atomic mass is 32.1. The number of fused-ring (bicyclic) bond motifs is 2. The predicted octanol–water partition coefficient (Wildman–Crippen LogP) is 3.89. The van der Waals surface area contributed by atoms with Crippen LogP contribution in [0.2, 0.25) is 0 Å². The van der Waals surface area contributed by atoms with Crippen LogP contribution in [0.25, 0.3) is 16.6 Å². The smallest absolute Gasteiger partial charge is 0.222 e. The van der Waals surface area contributed by atoms with Crippen molar-refractivity contribution < 1.29 is 4.74 Å². The maximum atomic E-state index is 6.19. The van der Waals surface area contributed by atoms with Crippen LogP contribution in [0.4, 0.5) is 23.4 Å². The van der Waals surface area contributed by atoms with E-state index >= 15 is 0 Å². The highest BCUT2D eigenvalue weighted by Crippen LogP contribution is 2.39. The van der Waals surface area contributed by atoms with Crippen molar-refractivity contribution in [2.45, 2.75) is 38.6 Å². The zero-order valence-electron chi connectivity index (χ0n) is 22.8. The van der Waals surface area contributed by atoms with Crippen LogP contribution in [0.5, 0.6) is 0 Å². The van der Waals surface area contributed by atoms with Crippen LogP contribution in [-0.4, -0.2) is 76.8 Å². The number of nitrogens with two attached hydrogens (primary N) is 1. The van der Waals surface area contributed by atoms with Crippen LogP contribution in [0.1, 0.15) is 43.0 Å². The number of thiol groups is 1. The molecule has 0 radical (unpaired) electrons. The van der Waals surface area contributed by atoms with E-state index in [1.807, 2.05) is 16.6 Å². The molecule has 6 heterocycles. The first-order valence-corrected chi connectivity index (χ1v) is 14.8. The van der Waals surface area contributed by atoms with Gasteiger partial charge in [-0.1, -0.05) is 12.1 Å². The fraction of sp³-hybridized carbons (Fsp3) is 0.500. The molecule has 3 fully saturated rings. The zero-order valence-corrected chi connectivity index (χ0v) is 23.6. The van der Waals surface area contributed by atoms with Gasteiger partial charge in [0.05, 0.1) is 30.5 Å². The monoisotopic (exact) mass is 547 g/mol. The molecule has 4 aromatic rings. The van der Waals surface area contributed by atoms with Crippen molar-refractivity contribution in [2.24, 2.45) is 0 Å². The van der Waals surface area contributed by atoms with Crippen molar-refractivity contribution in [1.29, 1.82) is 0 Å². The molecule has 7 rings (SSSR count). The highest BCUT2D eigenvalue weighted by Gasteiger charge is 2.31. The first kappa shape index (κ1) is 25.9. The largest absolute Gasteiger partial charge is 0.378 e. The lowest BCUT2D eigenvalue weighted by Gasteiger charge is -2.36. The second-order valence-corrected chi connectivity index (χ2v) is 10.3. The normalized spacial score (nSPS) is 19.7. The molecule has 1 aromatic carbocycles. The van der Waals surface area contributed by atoms with E-state index in [2.05, 4.69) is 57.4 Å². The second kappa shape index (κ2) is 11.1. The van der Waals surface area contributed by atoms with Crippen molar-refractivity contribution in [1.82, 2.24) is 24.6 Å². The Bertz CT molecular complexity index is 1460. The van der Waals surface area contributed by atoms with Crippen LogP contribution in [0, 0.1) is 6.92 Å². The average Bonchev–Trinajstić information content (AvgIpc) is 3.37. The number of aromatic nitrogens is 5. The number of ether oxygens (including phenoxy) is 1. The number of morpholine rings is 1. The van der Waals surface area contributed by atoms with E-state index in [-0.39, 0.29) is 6.04 Å². The van der Waals surface area contributed by atoms with Gasteiger partial charge in [-0.15, -0.1) is 0 Å². The minimum atomic E-state index is 0.0950. The lowest BCUT2D eigenvalue weighted by Crippen LogP contribution is -2.40. The number of nitrogen functional groups attached to an aromatic ring is 1. The van der Waals surface area contributed by atoms with Gasteiger partial charge >= 0.3 is 0 Å². The van der Waals surface area contributed by atoms with Gasteiger partial charge in [0.15, 0.2) is 5.65 Å². The molecule has 1 unspecified atom stereocenters. The Morgan fingerprint density at radius 2 is 1.74 bits per heavy atom. The van der Waals surface area contributed by atoms with Crippen molar-refractivity contribution in [3.05, 3.63) is 41.6 Å². The van der Waals surface area contributed by atoms with Gasteiger partial charge in [-0.3, -0.25) is 0 Å². The summed E-state index contributed by atoms with van der Waals surface area (Å²) in [5.74, 6) is 3.35. The third-order valence-corrected chi connectivity index (χ3v) is 7.98. The van der Waals surface area contributed by atoms with E-state index in [1.165, 1.54) is 6.42 Å². The first-order chi connectivity index (χ1) is 19.2. The molecule has 2 N–H and O–H groups in total. The fourth-order valence-corrected chi connectivity index (χ4v) is 5.90. The molecule has 0 saturated carbocycles. The molecular weight excluding hydrogens is 510 g/mol. The number of benzene rings is 1. The van der Waals surface area contributed by atoms with Crippen molar-refractivity contribution >= 4 is 52.6 Å². The summed E-state index contributed by atoms with van der Waals surface area (Å²) in [6.45, 7) is 8.31. The Morgan fingerprint density at radius 1 is 0.923 bits per heavy atom. The minimum absolute atomic E-state index is 0.0950. The van der Waals surface area contributed by atoms with E-state index in [1.54, 1.807) is 6.26 Å². The molecule has 3 saturated heterocycles. The lowest BCUT2D eigenvalue weighted by molar-refractivity contribution is 0.122.